The van der Waals surface area contributed by atoms with E-state index in [1.165, 1.54) is 13.1 Å². The van der Waals surface area contributed by atoms with E-state index in [1.54, 1.807) is 0 Å². The summed E-state index contributed by atoms with van der Waals surface area (Å²) in [4.78, 5) is 18.3. The average Bonchev–Trinajstić information content (AvgIpc) is 1.85. The molecule has 0 saturated heterocycles. The number of halogens is 2. The van der Waals surface area contributed by atoms with E-state index in [4.69, 9.17) is 11.6 Å². The lowest BCUT2D eigenvalue weighted by Gasteiger charge is -1.96. The molecule has 3 nitrogen and oxygen atoms in total. The summed E-state index contributed by atoms with van der Waals surface area (Å²) < 4.78 is 0.382. The molecule has 0 unspecified atom stereocenters. The molecule has 0 aliphatic heterocycles. The summed E-state index contributed by atoms with van der Waals surface area (Å²) >= 11 is 8.65. The van der Waals surface area contributed by atoms with Crippen LogP contribution < -0.4 is 0 Å². The molecule has 0 spiro atoms. The van der Waals surface area contributed by atoms with E-state index in [-0.39, 0.29) is 10.9 Å². The van der Waals surface area contributed by atoms with Gasteiger partial charge in [-0.05, 0) is 22.9 Å². The van der Waals surface area contributed by atoms with Crippen LogP contribution in [-0.2, 0) is 0 Å². The van der Waals surface area contributed by atoms with Gasteiger partial charge in [0, 0.05) is 6.20 Å². The molecule has 11 heavy (non-hydrogen) atoms. The predicted molar refractivity (Wildman–Crippen MR) is 44.7 cm³/mol. The fraction of sp³-hybridized carbons (Fsp3) is 0.167. The van der Waals surface area contributed by atoms with Crippen LogP contribution in [0.15, 0.2) is 10.9 Å². The second-order valence-corrected chi connectivity index (χ2v) is 2.97. The van der Waals surface area contributed by atoms with Crippen LogP contribution in [0.2, 0.25) is 5.15 Å². The van der Waals surface area contributed by atoms with Crippen molar-refractivity contribution < 1.29 is 4.79 Å². The van der Waals surface area contributed by atoms with Crippen molar-refractivity contribution in [3.8, 4) is 0 Å². The van der Waals surface area contributed by atoms with Crippen molar-refractivity contribution in [2.45, 2.75) is 6.92 Å². The third kappa shape index (κ3) is 1.97. The molecule has 0 aliphatic rings. The van der Waals surface area contributed by atoms with E-state index in [0.29, 0.717) is 10.3 Å². The smallest absolute Gasteiger partial charge is 0.197 e. The third-order valence-corrected chi connectivity index (χ3v) is 1.76. The Morgan fingerprint density at radius 1 is 1.73 bits per heavy atom. The van der Waals surface area contributed by atoms with Gasteiger partial charge in [-0.1, -0.05) is 11.6 Å². The van der Waals surface area contributed by atoms with Gasteiger partial charge in [0.15, 0.2) is 10.5 Å². The largest absolute Gasteiger partial charge is 0.294 e. The van der Waals surface area contributed by atoms with Crippen molar-refractivity contribution in [2.24, 2.45) is 0 Å². The minimum Gasteiger partial charge on any atom is -0.294 e. The number of carbonyl (C=O) groups is 1. The van der Waals surface area contributed by atoms with Gasteiger partial charge in [-0.2, -0.15) is 0 Å². The molecule has 1 aromatic rings. The third-order valence-electron chi connectivity index (χ3n) is 1.09. The van der Waals surface area contributed by atoms with Crippen LogP contribution in [0.25, 0.3) is 0 Å². The van der Waals surface area contributed by atoms with Gasteiger partial charge in [-0.3, -0.25) is 4.79 Å². The van der Waals surface area contributed by atoms with Gasteiger partial charge < -0.3 is 0 Å². The van der Waals surface area contributed by atoms with Gasteiger partial charge in [-0.15, -0.1) is 0 Å². The first-order valence-corrected chi connectivity index (χ1v) is 3.97. The number of Topliss-reactive ketones (excluding diaryl/α,β-unsaturated/α-hetero) is 1. The first-order valence-electron chi connectivity index (χ1n) is 2.80. The Hall–Kier alpha value is -0.480. The van der Waals surface area contributed by atoms with E-state index in [1.807, 2.05) is 0 Å². The molecule has 0 radical (unpaired) electrons. The molecule has 0 amide bonds. The quantitative estimate of drug-likeness (QED) is 0.425. The van der Waals surface area contributed by atoms with E-state index < -0.39 is 0 Å². The molecule has 0 aromatic carbocycles. The highest BCUT2D eigenvalue weighted by molar-refractivity contribution is 9.10. The summed E-state index contributed by atoms with van der Waals surface area (Å²) in [6, 6.07) is 0. The number of nitrogens with zero attached hydrogens (tertiary/aromatic N) is 2. The minimum absolute atomic E-state index is 0.137. The molecule has 0 atom stereocenters. The number of ketones is 1. The number of aromatic nitrogens is 2. The lowest BCUT2D eigenvalue weighted by Crippen LogP contribution is -1.97. The number of hydrogen-bond donors (Lipinski definition) is 0. The summed E-state index contributed by atoms with van der Waals surface area (Å²) in [6.45, 7) is 1.42. The number of hydrogen-bond acceptors (Lipinski definition) is 3. The van der Waals surface area contributed by atoms with E-state index in [9.17, 15) is 4.79 Å². The van der Waals surface area contributed by atoms with E-state index in [2.05, 4.69) is 25.9 Å². The summed E-state index contributed by atoms with van der Waals surface area (Å²) in [7, 11) is 0. The van der Waals surface area contributed by atoms with Crippen LogP contribution in [0.5, 0.6) is 0 Å². The van der Waals surface area contributed by atoms with Gasteiger partial charge in [-0.25, -0.2) is 9.97 Å². The molecular weight excluding hydrogens is 231 g/mol. The van der Waals surface area contributed by atoms with Crippen LogP contribution in [0.1, 0.15) is 17.3 Å². The standard InChI is InChI=1S/C6H4BrClN2O/c1-3(11)4-2-9-6(7)10-5(4)8/h2H,1H3. The highest BCUT2D eigenvalue weighted by Gasteiger charge is 2.06. The van der Waals surface area contributed by atoms with Crippen molar-refractivity contribution in [3.05, 3.63) is 21.6 Å². The highest BCUT2D eigenvalue weighted by atomic mass is 79.9. The summed E-state index contributed by atoms with van der Waals surface area (Å²) in [5, 5.41) is 0.180. The lowest BCUT2D eigenvalue weighted by molar-refractivity contribution is 0.101. The zero-order valence-corrected chi connectivity index (χ0v) is 7.98. The van der Waals surface area contributed by atoms with Crippen molar-refractivity contribution in [1.29, 1.82) is 0 Å². The molecule has 0 N–H and O–H groups in total. The van der Waals surface area contributed by atoms with Crippen molar-refractivity contribution in [2.75, 3.05) is 0 Å². The van der Waals surface area contributed by atoms with Crippen LogP contribution in [0.3, 0.4) is 0 Å². The normalized spacial score (nSPS) is 9.73. The van der Waals surface area contributed by atoms with Gasteiger partial charge >= 0.3 is 0 Å². The Labute approximate surface area is 76.9 Å². The Morgan fingerprint density at radius 2 is 2.36 bits per heavy atom. The van der Waals surface area contributed by atoms with E-state index in [0.717, 1.165) is 0 Å². The number of carbonyl (C=O) groups excluding carboxylic acids is 1. The maximum Gasteiger partial charge on any atom is 0.197 e. The fourth-order valence-electron chi connectivity index (χ4n) is 0.577. The molecule has 0 bridgehead atoms. The molecule has 1 heterocycles. The van der Waals surface area contributed by atoms with Crippen LogP contribution >= 0.6 is 27.5 Å². The zero-order valence-electron chi connectivity index (χ0n) is 5.64. The fourth-order valence-corrected chi connectivity index (χ4v) is 1.22. The zero-order chi connectivity index (χ0) is 8.43. The van der Waals surface area contributed by atoms with Gasteiger partial charge in [0.1, 0.15) is 5.15 Å². The average molecular weight is 235 g/mol. The molecular formula is C6H4BrClN2O. The highest BCUT2D eigenvalue weighted by Crippen LogP contribution is 2.14. The van der Waals surface area contributed by atoms with Gasteiger partial charge in [0.25, 0.3) is 0 Å². The maximum atomic E-state index is 10.8. The van der Waals surface area contributed by atoms with E-state index >= 15 is 0 Å². The molecule has 0 fully saturated rings. The monoisotopic (exact) mass is 234 g/mol. The van der Waals surface area contributed by atoms with Crippen molar-refractivity contribution in [1.82, 2.24) is 9.97 Å². The molecule has 58 valence electrons. The second kappa shape index (κ2) is 3.28. The minimum atomic E-state index is -0.137. The molecule has 1 rings (SSSR count). The maximum absolute atomic E-state index is 10.8. The van der Waals surface area contributed by atoms with Crippen LogP contribution in [0.4, 0.5) is 0 Å². The summed E-state index contributed by atoms with van der Waals surface area (Å²) in [6.07, 6.45) is 1.39. The SMILES string of the molecule is CC(=O)c1cnc(Br)nc1Cl. The first-order chi connectivity index (χ1) is 5.11. The molecule has 5 heteroatoms. The molecule has 0 aliphatic carbocycles. The Morgan fingerprint density at radius 3 is 2.82 bits per heavy atom. The van der Waals surface area contributed by atoms with Gasteiger partial charge in [0.2, 0.25) is 0 Å². The van der Waals surface area contributed by atoms with Gasteiger partial charge in [0.05, 0.1) is 5.56 Å². The second-order valence-electron chi connectivity index (χ2n) is 1.90. The van der Waals surface area contributed by atoms with Crippen LogP contribution in [-0.4, -0.2) is 15.8 Å². The summed E-state index contributed by atoms with van der Waals surface area (Å²) in [5.74, 6) is -0.137. The Bertz CT molecular complexity index is 303. The molecule has 1 aromatic heterocycles. The Kier molecular flexibility index (Phi) is 2.57. The molecule has 0 saturated carbocycles. The van der Waals surface area contributed by atoms with Crippen molar-refractivity contribution >= 4 is 33.3 Å². The lowest BCUT2D eigenvalue weighted by atomic mass is 10.2. The predicted octanol–water partition coefficient (Wildman–Crippen LogP) is 2.10. The van der Waals surface area contributed by atoms with Crippen LogP contribution in [0, 0.1) is 0 Å². The first kappa shape index (κ1) is 8.62. The summed E-state index contributed by atoms with van der Waals surface area (Å²) in [5.41, 5.74) is 0.342. The topological polar surface area (TPSA) is 42.9 Å². The van der Waals surface area contributed by atoms with Crippen molar-refractivity contribution in [3.63, 3.8) is 0 Å². The Balaban J connectivity index is 3.20. The number of rotatable bonds is 1.